The fourth-order valence-electron chi connectivity index (χ4n) is 15.9. The van der Waals surface area contributed by atoms with E-state index in [9.17, 15) is 68.7 Å². The number of hydrogen-bond donors (Lipinski definition) is 11. The number of aliphatic hydroxyl groups excluding tert-OH is 5. The van der Waals surface area contributed by atoms with Crippen LogP contribution in [0.5, 0.6) is 0 Å². The molecule has 8 rings (SSSR count). The lowest BCUT2D eigenvalue weighted by Crippen LogP contribution is -2.71. The smallest absolute Gasteiger partial charge is 0.253 e. The Morgan fingerprint density at radius 3 is 2.12 bits per heavy atom. The molecule has 6 fully saturated rings. The molecule has 0 aromatic carbocycles. The number of hydrazone groups is 1. The minimum Gasteiger partial charge on any atom is -0.394 e. The number of hydrogen-bond acceptors (Lipinski definition) is 25. The van der Waals surface area contributed by atoms with Gasteiger partial charge in [0.15, 0.2) is 35.4 Å². The van der Waals surface area contributed by atoms with Crippen molar-refractivity contribution in [2.24, 2.45) is 44.5 Å². The summed E-state index contributed by atoms with van der Waals surface area (Å²) >= 11 is 0. The Hall–Kier alpha value is -6.47. The second kappa shape index (κ2) is 37.9. The van der Waals surface area contributed by atoms with Gasteiger partial charge in [-0.1, -0.05) is 65.9 Å². The Morgan fingerprint density at radius 2 is 1.46 bits per heavy atom. The van der Waals surface area contributed by atoms with Crippen molar-refractivity contribution < 1.29 is 115 Å². The second-order valence-electron chi connectivity index (χ2n) is 28.8. The zero-order valence-corrected chi connectivity index (χ0v) is 60.3. The number of fused-ring (bicyclic) bond motifs is 7. The molecule has 3 heterocycles. The van der Waals surface area contributed by atoms with Crippen LogP contribution in [0.1, 0.15) is 138 Å². The number of allylic oxidation sites excluding steroid dienone is 4. The van der Waals surface area contributed by atoms with Gasteiger partial charge < -0.3 is 95.9 Å². The average Bonchev–Trinajstić information content (AvgIpc) is 1.42. The molecule has 8 aliphatic rings. The van der Waals surface area contributed by atoms with Crippen molar-refractivity contribution in [3.63, 3.8) is 0 Å². The first kappa shape index (κ1) is 83.2. The van der Waals surface area contributed by atoms with Gasteiger partial charge in [-0.2, -0.15) is 5.10 Å². The summed E-state index contributed by atoms with van der Waals surface area (Å²) in [7, 11) is 0. The summed E-state index contributed by atoms with van der Waals surface area (Å²) in [6.45, 7) is 9.87. The number of nitrogens with one attached hydrogen (secondary N) is 5. The third-order valence-electron chi connectivity index (χ3n) is 21.6. The molecule has 104 heavy (non-hydrogen) atoms. The summed E-state index contributed by atoms with van der Waals surface area (Å²) in [5.74, 6) is -1.77. The fourth-order valence-corrected chi connectivity index (χ4v) is 15.9. The van der Waals surface area contributed by atoms with E-state index in [0.29, 0.717) is 63.5 Å². The maximum Gasteiger partial charge on any atom is 0.253 e. The van der Waals surface area contributed by atoms with E-state index in [1.54, 1.807) is 20.8 Å². The highest BCUT2D eigenvalue weighted by molar-refractivity contribution is 6.44. The molecule has 2 unspecified atom stereocenters. The van der Waals surface area contributed by atoms with E-state index >= 15 is 8.78 Å². The second-order valence-corrected chi connectivity index (χ2v) is 28.8. The number of carbonyl (C=O) groups excluding carboxylic acids is 9. The van der Waals surface area contributed by atoms with Gasteiger partial charge in [0.1, 0.15) is 67.1 Å². The molecule has 19 atom stereocenters. The van der Waals surface area contributed by atoms with Crippen molar-refractivity contribution in [2.75, 3.05) is 85.7 Å². The molecule has 0 aromatic heterocycles. The van der Waals surface area contributed by atoms with Crippen LogP contribution in [0.25, 0.3) is 0 Å². The van der Waals surface area contributed by atoms with Crippen LogP contribution in [0.3, 0.4) is 0 Å². The number of amides is 7. The standard InChI is InChI=1S/C71H107F2N9O22/c1-7-14-58-103-53-35-43-44-34-46(72)45-33-42(84)20-22-68(45,5)70(44,73)51(85)36-69(43,6)71(53,104-58)52(86)37-76-64(94)41(4)77-66(96)59(40(2)3)80-65(95)48(78-54(87)21-25-97-27-29-99-31-32-100-30-28-98-26-24-82-56(89)18-19-57(82)90)16-11-9-13-23-75-55(88)39-101-49-17-12-8-10-15-47(60(49)81-74)79-67-63(93)62(92)61(91)50(38-83)102-67/h18-20,22,33,40-41,43-44,46,48-51,53,58-59,61-63,67,83,85,91-93H,7-17,21,23-32,34-39,74H2,1-6H3,(H,75,88)(H,76,94)(H,77,96)(H,78,87)(H,80,95)/t41-,43-,44-,46-,48+,49?,50+,51-,53+,58?,59-,61-,62-,63+,67+,68-,69-,70-,71+/m0/s1. The predicted octanol–water partition coefficient (Wildman–Crippen LogP) is -0.0259. The van der Waals surface area contributed by atoms with Gasteiger partial charge in [-0.25, -0.2) is 8.78 Å². The van der Waals surface area contributed by atoms with Crippen molar-refractivity contribution in [1.29, 1.82) is 0 Å². The zero-order valence-electron chi connectivity index (χ0n) is 60.3. The molecule has 2 saturated heterocycles. The Morgan fingerprint density at radius 1 is 0.779 bits per heavy atom. The van der Waals surface area contributed by atoms with E-state index in [4.69, 9.17) is 43.7 Å². The molecule has 0 bridgehead atoms. The SMILES string of the molecule is CCCC1O[C@@H]2C[C@H]3[C@@H]4C[C@H](F)C5=CC(=O)C=C[C@]5(C)[C@@]4(F)[C@@H](O)C[C@]3(C)[C@]2(C(=O)CNC(=O)[C@H](C)NC(=O)[C@@H](NC(=O)[C@@H](CCCCCNC(=O)COC2CCCCCC(=N[C@@H]3O[C@H](CO)[C@H](O)[C@H](O)[C@H]3O)C2=NN)NC(=O)CCOCCOCCOCCOCCN2C(=O)C=CC2=O)C(C)C)O1. The highest BCUT2D eigenvalue weighted by Crippen LogP contribution is 2.72. The number of ketones is 2. The quantitative estimate of drug-likeness (QED) is 0.0167. The summed E-state index contributed by atoms with van der Waals surface area (Å²) < 4.78 is 81.2. The number of nitrogens with zero attached hydrogens (tertiary/aromatic N) is 3. The van der Waals surface area contributed by atoms with Crippen molar-refractivity contribution in [3.05, 3.63) is 36.0 Å². The Kier molecular flexibility index (Phi) is 30.3. The molecule has 4 saturated carbocycles. The van der Waals surface area contributed by atoms with Crippen LogP contribution < -0.4 is 32.4 Å². The highest BCUT2D eigenvalue weighted by Gasteiger charge is 2.80. The third-order valence-corrected chi connectivity index (χ3v) is 21.6. The number of nitrogens with two attached hydrogens (primary N) is 1. The number of carbonyl (C=O) groups is 9. The molecular weight excluding hydrogens is 1370 g/mol. The topological polar surface area (TPSA) is 443 Å². The Balaban J connectivity index is 0.830. The average molecular weight is 1480 g/mol. The van der Waals surface area contributed by atoms with Gasteiger partial charge in [-0.15, -0.1) is 0 Å². The summed E-state index contributed by atoms with van der Waals surface area (Å²) in [5, 5.41) is 70.6. The van der Waals surface area contributed by atoms with E-state index in [2.05, 4.69) is 36.7 Å². The molecular formula is C71H107F2N9O22. The molecule has 0 aromatic rings. The zero-order chi connectivity index (χ0) is 75.7. The number of ether oxygens (including phenoxy) is 8. The molecule has 33 heteroatoms. The van der Waals surface area contributed by atoms with E-state index < -0.39 is 180 Å². The van der Waals surface area contributed by atoms with Crippen molar-refractivity contribution in [3.8, 4) is 0 Å². The molecule has 31 nitrogen and oxygen atoms in total. The largest absolute Gasteiger partial charge is 0.394 e. The van der Waals surface area contributed by atoms with Gasteiger partial charge in [-0.05, 0) is 101 Å². The lowest BCUT2D eigenvalue weighted by Gasteiger charge is -2.63. The summed E-state index contributed by atoms with van der Waals surface area (Å²) in [6, 6.07) is -3.73. The minimum absolute atomic E-state index is 0.0428. The fraction of sp³-hybridized carbons (Fsp3) is 0.761. The van der Waals surface area contributed by atoms with E-state index in [0.717, 1.165) is 17.4 Å². The van der Waals surface area contributed by atoms with Crippen molar-refractivity contribution >= 4 is 64.3 Å². The Labute approximate surface area is 603 Å². The van der Waals surface area contributed by atoms with Gasteiger partial charge in [0.25, 0.3) is 11.8 Å². The molecule has 0 radical (unpaired) electrons. The normalized spacial score (nSPS) is 33.3. The molecule has 12 N–H and O–H groups in total. The number of imide groups is 1. The monoisotopic (exact) mass is 1480 g/mol. The first-order valence-corrected chi connectivity index (χ1v) is 36.5. The molecule has 3 aliphatic heterocycles. The first-order chi connectivity index (χ1) is 49.6. The van der Waals surface area contributed by atoms with E-state index in [1.807, 2.05) is 6.92 Å². The first-order valence-electron chi connectivity index (χ1n) is 36.5. The van der Waals surface area contributed by atoms with E-state index in [1.165, 1.54) is 38.2 Å². The molecule has 582 valence electrons. The molecule has 5 aliphatic carbocycles. The number of alkyl halides is 2. The van der Waals surface area contributed by atoms with Crippen molar-refractivity contribution in [1.82, 2.24) is 31.5 Å². The van der Waals surface area contributed by atoms with Crippen LogP contribution >= 0.6 is 0 Å². The number of rotatable bonds is 38. The molecule has 0 spiro atoms. The lowest BCUT2D eigenvalue weighted by atomic mass is 9.44. The number of aliphatic hydroxyl groups is 5. The van der Waals surface area contributed by atoms with Crippen LogP contribution in [-0.4, -0.2) is 271 Å². The number of halogens is 2. The van der Waals surface area contributed by atoms with Gasteiger partial charge >= 0.3 is 0 Å². The lowest BCUT2D eigenvalue weighted by molar-refractivity contribution is -0.234. The van der Waals surface area contributed by atoms with Crippen LogP contribution in [-0.2, 0) is 81.0 Å². The highest BCUT2D eigenvalue weighted by atomic mass is 19.1. The summed E-state index contributed by atoms with van der Waals surface area (Å²) in [6.07, 6.45) is -2.95. The van der Waals surface area contributed by atoms with Crippen LogP contribution in [0.15, 0.2) is 46.0 Å². The van der Waals surface area contributed by atoms with Crippen LogP contribution in [0.2, 0.25) is 0 Å². The minimum atomic E-state index is -2.43. The van der Waals surface area contributed by atoms with Crippen LogP contribution in [0, 0.1) is 28.6 Å². The Bertz CT molecular complexity index is 3180. The summed E-state index contributed by atoms with van der Waals surface area (Å²) in [5.41, 5.74) is -6.77. The van der Waals surface area contributed by atoms with Crippen LogP contribution in [0.4, 0.5) is 8.78 Å². The van der Waals surface area contributed by atoms with Gasteiger partial charge in [0.2, 0.25) is 29.5 Å². The number of aliphatic imine (C=N–C) groups is 1. The maximum atomic E-state index is 18.1. The number of unbranched alkanes of at least 4 members (excludes halogenated alkanes) is 2. The third kappa shape index (κ3) is 19.1. The predicted molar refractivity (Wildman–Crippen MR) is 367 cm³/mol. The number of Topliss-reactive ketones (excluding diaryl/α,β-unsaturated/α-hetero) is 1. The summed E-state index contributed by atoms with van der Waals surface area (Å²) in [4.78, 5) is 125. The van der Waals surface area contributed by atoms with Gasteiger partial charge in [0.05, 0.1) is 90.5 Å². The van der Waals surface area contributed by atoms with Crippen molar-refractivity contribution in [2.45, 2.75) is 229 Å². The maximum absolute atomic E-state index is 18.1. The molecule has 7 amide bonds. The van der Waals surface area contributed by atoms with E-state index in [-0.39, 0.29) is 121 Å². The van der Waals surface area contributed by atoms with Gasteiger partial charge in [0, 0.05) is 41.9 Å². The van der Waals surface area contributed by atoms with Gasteiger partial charge in [-0.3, -0.25) is 53.0 Å².